The van der Waals surface area contributed by atoms with Gasteiger partial charge in [-0.1, -0.05) is 12.1 Å². The van der Waals surface area contributed by atoms with Gasteiger partial charge in [-0.3, -0.25) is 0 Å². The molecule has 6 heteroatoms. The molecule has 2 rings (SSSR count). The average molecular weight is 415 g/mol. The van der Waals surface area contributed by atoms with Gasteiger partial charge in [0.1, 0.15) is 0 Å². The van der Waals surface area contributed by atoms with Crippen LogP contribution in [0, 0.1) is 0 Å². The molecule has 0 saturated carbocycles. The van der Waals surface area contributed by atoms with Crippen molar-refractivity contribution in [1.29, 1.82) is 0 Å². The lowest BCUT2D eigenvalue weighted by atomic mass is 9.86. The fourth-order valence-electron chi connectivity index (χ4n) is 2.50. The molecule has 0 aromatic carbocycles. The number of nitrogens with one attached hydrogen (secondary N) is 2. The first kappa shape index (κ1) is 24.4. The summed E-state index contributed by atoms with van der Waals surface area (Å²) in [5.74, 6) is 0. The molecule has 0 radical (unpaired) electrons. The number of hydrogen-bond donors (Lipinski definition) is 4. The van der Waals surface area contributed by atoms with Crippen molar-refractivity contribution in [2.75, 3.05) is 0 Å². The summed E-state index contributed by atoms with van der Waals surface area (Å²) in [4.78, 5) is 9.50. The van der Waals surface area contributed by atoms with Crippen molar-refractivity contribution in [3.05, 3.63) is 47.8 Å². The number of aromatic nitrogens is 2. The summed E-state index contributed by atoms with van der Waals surface area (Å²) in [5, 5.41) is 27.4. The van der Waals surface area contributed by atoms with E-state index in [0.717, 1.165) is 22.8 Å². The molecule has 0 saturated heterocycles. The van der Waals surface area contributed by atoms with Gasteiger partial charge in [0.2, 0.25) is 0 Å². The molecule has 0 fully saturated rings. The lowest BCUT2D eigenvalue weighted by molar-refractivity contribution is -0.00567. The Morgan fingerprint density at radius 3 is 1.27 bits per heavy atom. The second kappa shape index (κ2) is 8.71. The summed E-state index contributed by atoms with van der Waals surface area (Å²) in [6.07, 6.45) is 0. The third-order valence-electron chi connectivity index (χ3n) is 6.36. The average Bonchev–Trinajstić information content (AvgIpc) is 2.63. The van der Waals surface area contributed by atoms with Crippen molar-refractivity contribution >= 4 is 0 Å². The van der Waals surface area contributed by atoms with E-state index < -0.39 is 22.3 Å². The number of hydrogen-bond acceptors (Lipinski definition) is 6. The topological polar surface area (TPSA) is 90.3 Å². The highest BCUT2D eigenvalue weighted by atomic mass is 16.3. The van der Waals surface area contributed by atoms with Crippen LogP contribution in [0.2, 0.25) is 0 Å². The second-order valence-corrected chi connectivity index (χ2v) is 10.1. The van der Waals surface area contributed by atoms with Gasteiger partial charge in [-0.2, -0.15) is 0 Å². The highest BCUT2D eigenvalue weighted by Crippen LogP contribution is 2.23. The molecule has 30 heavy (non-hydrogen) atoms. The lowest BCUT2D eigenvalue weighted by Gasteiger charge is -2.38. The van der Waals surface area contributed by atoms with Crippen LogP contribution in [-0.2, 0) is 13.1 Å². The van der Waals surface area contributed by atoms with Crippen molar-refractivity contribution in [1.82, 2.24) is 20.6 Å². The van der Waals surface area contributed by atoms with Crippen molar-refractivity contribution in [3.8, 4) is 11.4 Å². The van der Waals surface area contributed by atoms with Gasteiger partial charge in [-0.25, -0.2) is 9.97 Å². The number of rotatable bonds is 9. The van der Waals surface area contributed by atoms with E-state index in [0.29, 0.717) is 13.1 Å². The van der Waals surface area contributed by atoms with E-state index in [1.165, 1.54) is 0 Å². The van der Waals surface area contributed by atoms with Crippen LogP contribution in [0.5, 0.6) is 0 Å². The minimum Gasteiger partial charge on any atom is -0.389 e. The van der Waals surface area contributed by atoms with Gasteiger partial charge in [0.25, 0.3) is 0 Å². The Balaban J connectivity index is 2.14. The van der Waals surface area contributed by atoms with Gasteiger partial charge >= 0.3 is 0 Å². The quantitative estimate of drug-likeness (QED) is 0.503. The van der Waals surface area contributed by atoms with E-state index in [-0.39, 0.29) is 0 Å². The van der Waals surface area contributed by atoms with Crippen molar-refractivity contribution in [2.24, 2.45) is 0 Å². The van der Waals surface area contributed by atoms with Gasteiger partial charge in [0.05, 0.1) is 34.0 Å². The Morgan fingerprint density at radius 1 is 0.633 bits per heavy atom. The predicted molar refractivity (Wildman–Crippen MR) is 122 cm³/mol. The summed E-state index contributed by atoms with van der Waals surface area (Å²) in [7, 11) is 0. The Kier molecular flexibility index (Phi) is 7.09. The van der Waals surface area contributed by atoms with Gasteiger partial charge in [0, 0.05) is 24.2 Å². The molecule has 2 heterocycles. The summed E-state index contributed by atoms with van der Waals surface area (Å²) >= 11 is 0. The van der Waals surface area contributed by atoms with Gasteiger partial charge in [-0.05, 0) is 79.7 Å². The van der Waals surface area contributed by atoms with Gasteiger partial charge in [0.15, 0.2) is 0 Å². The first-order valence-corrected chi connectivity index (χ1v) is 10.5. The normalized spacial score (nSPS) is 13.5. The maximum Gasteiger partial charge on any atom is 0.0890 e. The Labute approximate surface area is 181 Å². The molecule has 6 nitrogen and oxygen atoms in total. The number of pyridine rings is 2. The van der Waals surface area contributed by atoms with Crippen molar-refractivity contribution < 1.29 is 10.2 Å². The maximum atomic E-state index is 10.3. The van der Waals surface area contributed by atoms with Crippen LogP contribution < -0.4 is 10.6 Å². The molecule has 0 bridgehead atoms. The third kappa shape index (κ3) is 6.08. The summed E-state index contributed by atoms with van der Waals surface area (Å²) < 4.78 is 0. The molecule has 0 aliphatic heterocycles. The molecule has 2 aromatic heterocycles. The fourth-order valence-corrected chi connectivity index (χ4v) is 2.50. The molecule has 0 aliphatic carbocycles. The molecule has 2 aromatic rings. The molecular weight excluding hydrogens is 376 g/mol. The maximum absolute atomic E-state index is 10.3. The van der Waals surface area contributed by atoms with Crippen LogP contribution in [0.15, 0.2) is 36.4 Å². The molecule has 0 spiro atoms. The van der Waals surface area contributed by atoms with E-state index in [1.807, 2.05) is 64.1 Å². The van der Waals surface area contributed by atoms with E-state index in [2.05, 4.69) is 10.6 Å². The van der Waals surface area contributed by atoms with E-state index in [4.69, 9.17) is 9.97 Å². The fraction of sp³-hybridized carbons (Fsp3) is 0.583. The standard InChI is InChI=1S/C24H38N4O2/c1-21(2,23(5,6)29)25-15-17-11-9-13-19(27-17)20-14-10-12-18(28-20)16-26-22(3,4)24(7,8)30/h9-14,25-26,29-30H,15-16H2,1-8H3. The summed E-state index contributed by atoms with van der Waals surface area (Å²) in [6.45, 7) is 16.2. The summed E-state index contributed by atoms with van der Waals surface area (Å²) in [6, 6.07) is 11.8. The minimum atomic E-state index is -0.857. The van der Waals surface area contributed by atoms with E-state index in [1.54, 1.807) is 27.7 Å². The van der Waals surface area contributed by atoms with Crippen LogP contribution >= 0.6 is 0 Å². The lowest BCUT2D eigenvalue weighted by Crippen LogP contribution is -2.55. The van der Waals surface area contributed by atoms with Crippen molar-refractivity contribution in [2.45, 2.75) is 90.8 Å². The van der Waals surface area contributed by atoms with Gasteiger partial charge < -0.3 is 20.8 Å². The van der Waals surface area contributed by atoms with Gasteiger partial charge in [-0.15, -0.1) is 0 Å². The van der Waals surface area contributed by atoms with E-state index >= 15 is 0 Å². The zero-order chi connectivity index (χ0) is 22.8. The second-order valence-electron chi connectivity index (χ2n) is 10.1. The highest BCUT2D eigenvalue weighted by Gasteiger charge is 2.35. The molecular formula is C24H38N4O2. The Morgan fingerprint density at radius 2 is 0.967 bits per heavy atom. The zero-order valence-corrected chi connectivity index (χ0v) is 19.7. The van der Waals surface area contributed by atoms with Crippen LogP contribution in [0.3, 0.4) is 0 Å². The Hall–Kier alpha value is -1.86. The largest absolute Gasteiger partial charge is 0.389 e. The predicted octanol–water partition coefficient (Wildman–Crippen LogP) is 3.42. The number of aliphatic hydroxyl groups is 2. The Bertz CT molecular complexity index is 777. The van der Waals surface area contributed by atoms with Crippen molar-refractivity contribution in [3.63, 3.8) is 0 Å². The first-order valence-electron chi connectivity index (χ1n) is 10.5. The zero-order valence-electron chi connectivity index (χ0n) is 19.7. The van der Waals surface area contributed by atoms with Crippen LogP contribution in [0.1, 0.15) is 66.8 Å². The monoisotopic (exact) mass is 414 g/mol. The van der Waals surface area contributed by atoms with Crippen LogP contribution in [0.4, 0.5) is 0 Å². The minimum absolute atomic E-state index is 0.457. The number of nitrogens with zero attached hydrogens (tertiary/aromatic N) is 2. The van der Waals surface area contributed by atoms with E-state index in [9.17, 15) is 10.2 Å². The first-order chi connectivity index (χ1) is 13.6. The molecule has 0 aliphatic rings. The van der Waals surface area contributed by atoms with Crippen LogP contribution in [0.25, 0.3) is 11.4 Å². The highest BCUT2D eigenvalue weighted by molar-refractivity contribution is 5.54. The third-order valence-corrected chi connectivity index (χ3v) is 6.36. The SMILES string of the molecule is CC(C)(O)C(C)(C)NCc1cccc(-c2cccc(CNC(C)(C)C(C)(C)O)n2)n1. The van der Waals surface area contributed by atoms with Crippen LogP contribution in [-0.4, -0.2) is 42.5 Å². The molecule has 0 unspecified atom stereocenters. The molecule has 166 valence electrons. The smallest absolute Gasteiger partial charge is 0.0890 e. The summed E-state index contributed by atoms with van der Waals surface area (Å²) in [5.41, 5.74) is 0.757. The molecule has 0 amide bonds. The molecule has 0 atom stereocenters. The molecule has 4 N–H and O–H groups in total.